The number of rotatable bonds is 6. The monoisotopic (exact) mass is 391 g/mol. The van der Waals surface area contributed by atoms with Crippen molar-refractivity contribution in [1.82, 2.24) is 15.3 Å². The molecule has 2 aromatic rings. The van der Waals surface area contributed by atoms with E-state index in [1.807, 2.05) is 45.0 Å². The molecule has 0 amide bonds. The Morgan fingerprint density at radius 2 is 2.00 bits per heavy atom. The van der Waals surface area contributed by atoms with Crippen LogP contribution in [0, 0.1) is 6.92 Å². The second-order valence-corrected chi connectivity index (χ2v) is 7.23. The minimum atomic E-state index is -0.530. The van der Waals surface area contributed by atoms with E-state index in [0.29, 0.717) is 35.1 Å². The lowest BCUT2D eigenvalue weighted by molar-refractivity contribution is 0.415. The van der Waals surface area contributed by atoms with Gasteiger partial charge in [-0.05, 0) is 40.0 Å². The molecule has 0 atom stereocenters. The van der Waals surface area contributed by atoms with Gasteiger partial charge in [-0.15, -0.1) is 0 Å². The van der Waals surface area contributed by atoms with Gasteiger partial charge in [-0.3, -0.25) is 4.79 Å². The SMILES string of the molecule is C=Cc1c(C2=NC=C(Oc3ccc(C)cc3)CC=N2)nc(C(C)(C)NC)[nH]c1=O. The van der Waals surface area contributed by atoms with Crippen LogP contribution in [-0.2, 0) is 5.54 Å². The van der Waals surface area contributed by atoms with Crippen molar-refractivity contribution < 1.29 is 4.74 Å². The maximum absolute atomic E-state index is 12.6. The van der Waals surface area contributed by atoms with E-state index in [2.05, 4.69) is 31.8 Å². The first kappa shape index (κ1) is 20.4. The molecule has 0 aliphatic carbocycles. The number of aliphatic imine (C=N–C) groups is 2. The zero-order valence-corrected chi connectivity index (χ0v) is 17.1. The first-order valence-corrected chi connectivity index (χ1v) is 9.34. The standard InChI is InChI=1S/C22H25N5O2/c1-6-17-18(26-21(27-20(17)28)22(3,4)23-5)19-24-12-11-16(13-25-19)29-15-9-7-14(2)8-10-15/h6-10,12-13,23H,1,11H2,2-5H3,(H,26,27,28). The third-order valence-electron chi connectivity index (χ3n) is 4.70. The predicted molar refractivity (Wildman–Crippen MR) is 117 cm³/mol. The quantitative estimate of drug-likeness (QED) is 0.790. The van der Waals surface area contributed by atoms with Crippen LogP contribution in [0.25, 0.3) is 6.08 Å². The topological polar surface area (TPSA) is 91.7 Å². The van der Waals surface area contributed by atoms with E-state index in [9.17, 15) is 4.79 Å². The molecule has 1 aromatic heterocycles. The van der Waals surface area contributed by atoms with Gasteiger partial charge in [0.15, 0.2) is 5.84 Å². The molecule has 0 radical (unpaired) electrons. The molecule has 7 nitrogen and oxygen atoms in total. The number of ether oxygens (including phenoxy) is 1. The van der Waals surface area contributed by atoms with Crippen LogP contribution in [0.15, 0.2) is 57.6 Å². The van der Waals surface area contributed by atoms with Crippen molar-refractivity contribution >= 4 is 18.1 Å². The Hall–Kier alpha value is -3.32. The Labute approximate surface area is 170 Å². The Bertz CT molecular complexity index is 1060. The normalized spacial score (nSPS) is 14.1. The van der Waals surface area contributed by atoms with Gasteiger partial charge in [0.1, 0.15) is 23.0 Å². The molecule has 0 fully saturated rings. The van der Waals surface area contributed by atoms with Crippen LogP contribution >= 0.6 is 0 Å². The summed E-state index contributed by atoms with van der Waals surface area (Å²) in [6.45, 7) is 9.61. The van der Waals surface area contributed by atoms with Gasteiger partial charge < -0.3 is 15.0 Å². The molecule has 0 unspecified atom stereocenters. The van der Waals surface area contributed by atoms with Crippen molar-refractivity contribution in [2.75, 3.05) is 7.05 Å². The predicted octanol–water partition coefficient (Wildman–Crippen LogP) is 3.32. The van der Waals surface area contributed by atoms with Gasteiger partial charge in [-0.25, -0.2) is 15.0 Å². The molecular formula is C22H25N5O2. The number of hydrogen-bond donors (Lipinski definition) is 2. The average Bonchev–Trinajstić information content (AvgIpc) is 2.94. The molecule has 2 heterocycles. The Morgan fingerprint density at radius 3 is 2.66 bits per heavy atom. The lowest BCUT2D eigenvalue weighted by atomic mass is 10.0. The summed E-state index contributed by atoms with van der Waals surface area (Å²) in [5.74, 6) is 2.20. The number of nitrogens with zero attached hydrogens (tertiary/aromatic N) is 3. The van der Waals surface area contributed by atoms with Crippen LogP contribution in [0.5, 0.6) is 5.75 Å². The first-order valence-electron chi connectivity index (χ1n) is 9.34. The fourth-order valence-electron chi connectivity index (χ4n) is 2.65. The number of nitrogens with one attached hydrogen (secondary N) is 2. The van der Waals surface area contributed by atoms with E-state index < -0.39 is 5.54 Å². The van der Waals surface area contributed by atoms with Gasteiger partial charge in [0.2, 0.25) is 0 Å². The van der Waals surface area contributed by atoms with E-state index in [4.69, 9.17) is 4.74 Å². The third kappa shape index (κ3) is 4.57. The molecule has 0 saturated heterocycles. The van der Waals surface area contributed by atoms with Crippen molar-refractivity contribution in [3.8, 4) is 5.75 Å². The fraction of sp³-hybridized carbons (Fsp3) is 0.273. The summed E-state index contributed by atoms with van der Waals surface area (Å²) in [5, 5.41) is 3.13. The molecular weight excluding hydrogens is 366 g/mol. The Morgan fingerprint density at radius 1 is 1.28 bits per heavy atom. The van der Waals surface area contributed by atoms with E-state index >= 15 is 0 Å². The fourth-order valence-corrected chi connectivity index (χ4v) is 2.65. The zero-order chi connectivity index (χ0) is 21.0. The highest BCUT2D eigenvalue weighted by atomic mass is 16.5. The Kier molecular flexibility index (Phi) is 5.89. The highest BCUT2D eigenvalue weighted by Crippen LogP contribution is 2.19. The average molecular weight is 391 g/mol. The molecule has 1 aliphatic heterocycles. The van der Waals surface area contributed by atoms with E-state index in [-0.39, 0.29) is 5.56 Å². The van der Waals surface area contributed by atoms with Crippen molar-refractivity contribution in [2.24, 2.45) is 9.98 Å². The number of hydrogen-bond acceptors (Lipinski definition) is 6. The van der Waals surface area contributed by atoms with Gasteiger partial charge in [0.25, 0.3) is 5.56 Å². The highest BCUT2D eigenvalue weighted by Gasteiger charge is 2.24. The summed E-state index contributed by atoms with van der Waals surface area (Å²) in [7, 11) is 1.81. The summed E-state index contributed by atoms with van der Waals surface area (Å²) < 4.78 is 5.89. The maximum Gasteiger partial charge on any atom is 0.258 e. The van der Waals surface area contributed by atoms with E-state index in [1.54, 1.807) is 19.5 Å². The minimum absolute atomic E-state index is 0.286. The summed E-state index contributed by atoms with van der Waals surface area (Å²) in [4.78, 5) is 28.9. The zero-order valence-electron chi connectivity index (χ0n) is 17.1. The molecule has 1 aliphatic rings. The number of H-pyrrole nitrogens is 1. The number of aromatic amines is 1. The molecule has 1 aromatic carbocycles. The minimum Gasteiger partial charge on any atom is -0.460 e. The van der Waals surface area contributed by atoms with E-state index in [0.717, 1.165) is 11.3 Å². The lowest BCUT2D eigenvalue weighted by Gasteiger charge is -2.23. The summed E-state index contributed by atoms with van der Waals surface area (Å²) in [6, 6.07) is 7.78. The summed E-state index contributed by atoms with van der Waals surface area (Å²) >= 11 is 0. The highest BCUT2D eigenvalue weighted by molar-refractivity contribution is 6.04. The van der Waals surface area contributed by atoms with Gasteiger partial charge in [-0.1, -0.05) is 30.4 Å². The van der Waals surface area contributed by atoms with Gasteiger partial charge in [0.05, 0.1) is 17.3 Å². The largest absolute Gasteiger partial charge is 0.460 e. The van der Waals surface area contributed by atoms with Crippen LogP contribution in [0.4, 0.5) is 0 Å². The summed E-state index contributed by atoms with van der Waals surface area (Å²) in [6.07, 6.45) is 5.25. The van der Waals surface area contributed by atoms with E-state index in [1.165, 1.54) is 6.08 Å². The number of aromatic nitrogens is 2. The summed E-state index contributed by atoms with van der Waals surface area (Å²) in [5.41, 5.74) is 1.05. The first-order chi connectivity index (χ1) is 13.8. The van der Waals surface area contributed by atoms with Crippen LogP contribution in [-0.4, -0.2) is 29.1 Å². The Balaban J connectivity index is 2.00. The molecule has 0 spiro atoms. The second kappa shape index (κ2) is 8.36. The number of benzene rings is 1. The maximum atomic E-state index is 12.6. The second-order valence-electron chi connectivity index (χ2n) is 7.23. The molecule has 0 bridgehead atoms. The molecule has 0 saturated carbocycles. The molecule has 3 rings (SSSR count). The van der Waals surface area contributed by atoms with Crippen LogP contribution in [0.2, 0.25) is 0 Å². The number of amidine groups is 1. The van der Waals surface area contributed by atoms with Crippen LogP contribution < -0.4 is 15.6 Å². The molecule has 7 heteroatoms. The lowest BCUT2D eigenvalue weighted by Crippen LogP contribution is -2.38. The molecule has 29 heavy (non-hydrogen) atoms. The van der Waals surface area contributed by atoms with Crippen LogP contribution in [0.3, 0.4) is 0 Å². The smallest absolute Gasteiger partial charge is 0.258 e. The van der Waals surface area contributed by atoms with Crippen molar-refractivity contribution in [3.05, 3.63) is 75.8 Å². The van der Waals surface area contributed by atoms with Crippen molar-refractivity contribution in [3.63, 3.8) is 0 Å². The number of allylic oxidation sites excluding steroid dienone is 1. The van der Waals surface area contributed by atoms with Gasteiger partial charge in [0, 0.05) is 12.6 Å². The van der Waals surface area contributed by atoms with Crippen molar-refractivity contribution in [2.45, 2.75) is 32.7 Å². The molecule has 2 N–H and O–H groups in total. The molecule has 150 valence electrons. The van der Waals surface area contributed by atoms with Gasteiger partial charge >= 0.3 is 0 Å². The van der Waals surface area contributed by atoms with Crippen LogP contribution in [0.1, 0.15) is 42.9 Å². The third-order valence-corrected chi connectivity index (χ3v) is 4.70. The number of aryl methyl sites for hydroxylation is 1. The van der Waals surface area contributed by atoms with Gasteiger partial charge in [-0.2, -0.15) is 0 Å². The van der Waals surface area contributed by atoms with Crippen molar-refractivity contribution in [1.29, 1.82) is 0 Å².